The SMILES string of the molecule is COc1cc(/C=N/NC(=O)CC(=O)Nc2ccc(Cl)cc2)cc(I)c1O. The van der Waals surface area contributed by atoms with Gasteiger partial charge in [0, 0.05) is 10.7 Å². The van der Waals surface area contributed by atoms with Gasteiger partial charge in [0.1, 0.15) is 6.42 Å². The number of carbonyl (C=O) groups excluding carboxylic acids is 2. The van der Waals surface area contributed by atoms with Crippen molar-refractivity contribution in [3.8, 4) is 11.5 Å². The molecule has 2 aromatic rings. The largest absolute Gasteiger partial charge is 0.504 e. The maximum Gasteiger partial charge on any atom is 0.249 e. The lowest BCUT2D eigenvalue weighted by Crippen LogP contribution is -2.24. The number of aromatic hydroxyl groups is 1. The zero-order valence-electron chi connectivity index (χ0n) is 13.6. The number of rotatable bonds is 6. The molecule has 0 spiro atoms. The minimum absolute atomic E-state index is 0.0353. The third-order valence-corrected chi connectivity index (χ3v) is 4.20. The van der Waals surface area contributed by atoms with Crippen LogP contribution in [0, 0.1) is 3.57 Å². The first-order valence-electron chi connectivity index (χ1n) is 7.33. The number of hydrogen-bond donors (Lipinski definition) is 3. The van der Waals surface area contributed by atoms with Crippen LogP contribution < -0.4 is 15.5 Å². The molecule has 9 heteroatoms. The topological polar surface area (TPSA) is 100 Å². The molecule has 0 aliphatic heterocycles. The molecule has 0 bridgehead atoms. The molecule has 2 aromatic carbocycles. The summed E-state index contributed by atoms with van der Waals surface area (Å²) in [5.74, 6) is -0.700. The summed E-state index contributed by atoms with van der Waals surface area (Å²) in [5.41, 5.74) is 3.43. The summed E-state index contributed by atoms with van der Waals surface area (Å²) in [6, 6.07) is 9.78. The van der Waals surface area contributed by atoms with Crippen LogP contribution in [-0.2, 0) is 9.59 Å². The van der Waals surface area contributed by atoms with E-state index in [9.17, 15) is 14.7 Å². The number of methoxy groups -OCH3 is 1. The maximum atomic E-state index is 11.8. The number of benzene rings is 2. The second-order valence-corrected chi connectivity index (χ2v) is 6.68. The lowest BCUT2D eigenvalue weighted by Gasteiger charge is -2.06. The van der Waals surface area contributed by atoms with Crippen molar-refractivity contribution in [2.24, 2.45) is 5.10 Å². The van der Waals surface area contributed by atoms with E-state index in [1.54, 1.807) is 36.4 Å². The third-order valence-electron chi connectivity index (χ3n) is 3.12. The Kier molecular flexibility index (Phi) is 7.22. The molecular weight excluding hydrogens is 473 g/mol. The first-order valence-corrected chi connectivity index (χ1v) is 8.78. The highest BCUT2D eigenvalue weighted by atomic mass is 127. The van der Waals surface area contributed by atoms with Crippen LogP contribution in [0.2, 0.25) is 5.02 Å². The Morgan fingerprint density at radius 2 is 1.96 bits per heavy atom. The van der Waals surface area contributed by atoms with Crippen LogP contribution in [-0.4, -0.2) is 30.2 Å². The van der Waals surface area contributed by atoms with Crippen molar-refractivity contribution >= 4 is 57.9 Å². The van der Waals surface area contributed by atoms with Gasteiger partial charge in [-0.1, -0.05) is 11.6 Å². The Labute approximate surface area is 168 Å². The van der Waals surface area contributed by atoms with Gasteiger partial charge in [0.15, 0.2) is 11.5 Å². The zero-order valence-corrected chi connectivity index (χ0v) is 16.5. The normalized spacial score (nSPS) is 10.6. The highest BCUT2D eigenvalue weighted by Crippen LogP contribution is 2.31. The number of halogens is 2. The Balaban J connectivity index is 1.88. The fourth-order valence-corrected chi connectivity index (χ4v) is 2.68. The van der Waals surface area contributed by atoms with Gasteiger partial charge < -0.3 is 15.2 Å². The van der Waals surface area contributed by atoms with Gasteiger partial charge in [0.05, 0.1) is 16.9 Å². The number of hydrazone groups is 1. The number of amides is 2. The standard InChI is InChI=1S/C17H15ClIN3O4/c1-26-14-7-10(6-13(19)17(14)25)9-20-22-16(24)8-15(23)21-12-4-2-11(18)3-5-12/h2-7,9,25H,8H2,1H3,(H,21,23)(H,22,24)/b20-9+. The maximum absolute atomic E-state index is 11.8. The van der Waals surface area contributed by atoms with E-state index in [1.165, 1.54) is 13.3 Å². The highest BCUT2D eigenvalue weighted by Gasteiger charge is 2.10. The zero-order chi connectivity index (χ0) is 19.1. The van der Waals surface area contributed by atoms with Gasteiger partial charge in [-0.05, 0) is 64.6 Å². The molecule has 0 aromatic heterocycles. The average Bonchev–Trinajstić information content (AvgIpc) is 2.59. The van der Waals surface area contributed by atoms with E-state index in [0.29, 0.717) is 25.6 Å². The summed E-state index contributed by atoms with van der Waals surface area (Å²) in [6.45, 7) is 0. The number of nitrogens with one attached hydrogen (secondary N) is 2. The Morgan fingerprint density at radius 3 is 2.62 bits per heavy atom. The fraction of sp³-hybridized carbons (Fsp3) is 0.118. The molecule has 0 unspecified atom stereocenters. The van der Waals surface area contributed by atoms with Crippen LogP contribution in [0.5, 0.6) is 11.5 Å². The van der Waals surface area contributed by atoms with Crippen molar-refractivity contribution in [2.45, 2.75) is 6.42 Å². The molecule has 2 amide bonds. The van der Waals surface area contributed by atoms with Crippen LogP contribution in [0.1, 0.15) is 12.0 Å². The second kappa shape index (κ2) is 9.39. The second-order valence-electron chi connectivity index (χ2n) is 5.08. The fourth-order valence-electron chi connectivity index (χ4n) is 1.93. The van der Waals surface area contributed by atoms with Crippen molar-refractivity contribution in [1.82, 2.24) is 5.43 Å². The molecule has 2 rings (SSSR count). The summed E-state index contributed by atoms with van der Waals surface area (Å²) in [7, 11) is 1.44. The number of hydrogen-bond acceptors (Lipinski definition) is 5. The van der Waals surface area contributed by atoms with Crippen LogP contribution in [0.3, 0.4) is 0 Å². The lowest BCUT2D eigenvalue weighted by molar-refractivity contribution is -0.126. The number of phenolic OH excluding ortho intramolecular Hbond substituents is 1. The predicted octanol–water partition coefficient (Wildman–Crippen LogP) is 3.14. The molecule has 0 atom stereocenters. The lowest BCUT2D eigenvalue weighted by atomic mass is 10.2. The van der Waals surface area contributed by atoms with Crippen molar-refractivity contribution in [2.75, 3.05) is 12.4 Å². The van der Waals surface area contributed by atoms with E-state index in [4.69, 9.17) is 16.3 Å². The number of carbonyl (C=O) groups is 2. The smallest absolute Gasteiger partial charge is 0.249 e. The summed E-state index contributed by atoms with van der Waals surface area (Å²) in [5, 5.41) is 16.7. The summed E-state index contributed by atoms with van der Waals surface area (Å²) >= 11 is 7.72. The molecule has 3 N–H and O–H groups in total. The summed E-state index contributed by atoms with van der Waals surface area (Å²) in [6.07, 6.45) is 1.01. The van der Waals surface area contributed by atoms with Crippen molar-refractivity contribution in [3.05, 3.63) is 50.6 Å². The van der Waals surface area contributed by atoms with E-state index in [1.807, 2.05) is 22.6 Å². The average molecular weight is 488 g/mol. The van der Waals surface area contributed by atoms with Crippen LogP contribution >= 0.6 is 34.2 Å². The van der Waals surface area contributed by atoms with Gasteiger partial charge in [-0.2, -0.15) is 5.10 Å². The predicted molar refractivity (Wildman–Crippen MR) is 108 cm³/mol. The third kappa shape index (κ3) is 5.88. The molecule has 0 aliphatic carbocycles. The van der Waals surface area contributed by atoms with E-state index in [2.05, 4.69) is 15.8 Å². The van der Waals surface area contributed by atoms with E-state index < -0.39 is 11.8 Å². The van der Waals surface area contributed by atoms with Crippen molar-refractivity contribution in [1.29, 1.82) is 0 Å². The number of ether oxygens (including phenoxy) is 1. The number of nitrogens with zero attached hydrogens (tertiary/aromatic N) is 1. The quantitative estimate of drug-likeness (QED) is 0.252. The Morgan fingerprint density at radius 1 is 1.27 bits per heavy atom. The molecule has 0 saturated carbocycles. The van der Waals surface area contributed by atoms with Crippen LogP contribution in [0.25, 0.3) is 0 Å². The Bertz CT molecular complexity index is 841. The van der Waals surface area contributed by atoms with Crippen molar-refractivity contribution < 1.29 is 19.4 Å². The molecule has 7 nitrogen and oxygen atoms in total. The van der Waals surface area contributed by atoms with Crippen LogP contribution in [0.15, 0.2) is 41.5 Å². The van der Waals surface area contributed by atoms with Gasteiger partial charge in [-0.3, -0.25) is 9.59 Å². The molecular formula is C17H15ClIN3O4. The molecule has 0 fully saturated rings. The summed E-state index contributed by atoms with van der Waals surface area (Å²) in [4.78, 5) is 23.6. The molecule has 0 radical (unpaired) electrons. The molecule has 136 valence electrons. The van der Waals surface area contributed by atoms with E-state index in [0.717, 1.165) is 0 Å². The van der Waals surface area contributed by atoms with E-state index in [-0.39, 0.29) is 12.2 Å². The van der Waals surface area contributed by atoms with Gasteiger partial charge >= 0.3 is 0 Å². The van der Waals surface area contributed by atoms with Gasteiger partial charge in [-0.25, -0.2) is 5.43 Å². The molecule has 0 heterocycles. The van der Waals surface area contributed by atoms with Gasteiger partial charge in [0.2, 0.25) is 11.8 Å². The first-order chi connectivity index (χ1) is 12.4. The molecule has 0 saturated heterocycles. The Hall–Kier alpha value is -2.33. The van der Waals surface area contributed by atoms with Crippen molar-refractivity contribution in [3.63, 3.8) is 0 Å². The minimum Gasteiger partial charge on any atom is -0.504 e. The monoisotopic (exact) mass is 487 g/mol. The van der Waals surface area contributed by atoms with Crippen LogP contribution in [0.4, 0.5) is 5.69 Å². The summed E-state index contributed by atoms with van der Waals surface area (Å²) < 4.78 is 5.63. The number of phenols is 1. The minimum atomic E-state index is -0.562. The van der Waals surface area contributed by atoms with Gasteiger partial charge in [-0.15, -0.1) is 0 Å². The molecule has 0 aliphatic rings. The first kappa shape index (κ1) is 20.0. The number of anilines is 1. The van der Waals surface area contributed by atoms with E-state index >= 15 is 0 Å². The molecule has 26 heavy (non-hydrogen) atoms. The van der Waals surface area contributed by atoms with Gasteiger partial charge in [0.25, 0.3) is 0 Å². The highest BCUT2D eigenvalue weighted by molar-refractivity contribution is 14.1.